The van der Waals surface area contributed by atoms with Crippen molar-refractivity contribution in [3.63, 3.8) is 0 Å². The van der Waals surface area contributed by atoms with Crippen LogP contribution in [0.5, 0.6) is 17.2 Å². The second kappa shape index (κ2) is 9.51. The number of hydrogen-bond donors (Lipinski definition) is 0. The number of hydrogen-bond acceptors (Lipinski definition) is 5. The molecule has 4 rings (SSSR count). The number of epoxide rings is 2. The van der Waals surface area contributed by atoms with Crippen LogP contribution in [0.15, 0.2) is 36.4 Å². The monoisotopic (exact) mass is 412 g/mol. The topological polar surface area (TPSA) is 52.8 Å². The molecule has 0 aromatic heterocycles. The summed E-state index contributed by atoms with van der Waals surface area (Å²) in [5.74, 6) is 2.20. The van der Waals surface area contributed by atoms with Crippen LogP contribution in [-0.2, 0) is 9.47 Å². The van der Waals surface area contributed by atoms with Crippen molar-refractivity contribution in [3.8, 4) is 17.2 Å². The van der Waals surface area contributed by atoms with Gasteiger partial charge >= 0.3 is 0 Å². The highest BCUT2D eigenvalue weighted by molar-refractivity contribution is 6.31. The molecule has 27 heavy (non-hydrogen) atoms. The molecule has 0 spiro atoms. The fourth-order valence-corrected chi connectivity index (χ4v) is 2.51. The molecule has 2 heterocycles. The third-order valence-corrected chi connectivity index (χ3v) is 4.40. The Morgan fingerprint density at radius 3 is 1.93 bits per heavy atom. The third-order valence-electron chi connectivity index (χ3n) is 3.93. The largest absolute Gasteiger partial charge is 0.493 e. The molecular weight excluding hydrogens is 391 g/mol. The molecule has 0 radical (unpaired) electrons. The standard InChI is InChI=1S/C10H11ClO3.C10H11ClO2/c1-12-9-3-2-7(11)4-10(9)14-6-8-5-13-8;1-7-2-3-8(11)4-10(7)13-6-9-5-12-9/h2-4,8H,5-6H2,1H3;2-4,9H,5-6H2,1H3/t8-;9-/m11/s1. The first kappa shape index (κ1) is 20.1. The van der Waals surface area contributed by atoms with Crippen LogP contribution >= 0.6 is 23.2 Å². The lowest BCUT2D eigenvalue weighted by molar-refractivity contribution is 0.252. The molecule has 5 nitrogen and oxygen atoms in total. The van der Waals surface area contributed by atoms with Crippen molar-refractivity contribution in [2.24, 2.45) is 0 Å². The van der Waals surface area contributed by atoms with Gasteiger partial charge in [-0.15, -0.1) is 0 Å². The highest BCUT2D eigenvalue weighted by Gasteiger charge is 2.24. The Hall–Kier alpha value is -1.66. The van der Waals surface area contributed by atoms with Gasteiger partial charge in [0.1, 0.15) is 31.2 Å². The lowest BCUT2D eigenvalue weighted by Gasteiger charge is -2.09. The highest BCUT2D eigenvalue weighted by atomic mass is 35.5. The third kappa shape index (κ3) is 6.78. The van der Waals surface area contributed by atoms with Gasteiger partial charge in [0.25, 0.3) is 0 Å². The molecule has 2 atom stereocenters. The van der Waals surface area contributed by atoms with Gasteiger partial charge < -0.3 is 23.7 Å². The van der Waals surface area contributed by atoms with E-state index >= 15 is 0 Å². The summed E-state index contributed by atoms with van der Waals surface area (Å²) in [6.45, 7) is 4.78. The van der Waals surface area contributed by atoms with Crippen molar-refractivity contribution in [3.05, 3.63) is 52.0 Å². The highest BCUT2D eigenvalue weighted by Crippen LogP contribution is 2.30. The molecule has 2 saturated heterocycles. The number of aryl methyl sites for hydroxylation is 1. The van der Waals surface area contributed by atoms with Gasteiger partial charge in [-0.05, 0) is 36.8 Å². The Kier molecular flexibility index (Phi) is 7.07. The molecule has 2 aromatic carbocycles. The van der Waals surface area contributed by atoms with Crippen molar-refractivity contribution in [1.82, 2.24) is 0 Å². The van der Waals surface area contributed by atoms with Gasteiger partial charge in [0, 0.05) is 16.1 Å². The first-order valence-electron chi connectivity index (χ1n) is 8.63. The van der Waals surface area contributed by atoms with Gasteiger partial charge in [-0.1, -0.05) is 29.3 Å². The molecule has 2 fully saturated rings. The maximum atomic E-state index is 5.84. The Balaban J connectivity index is 0.000000156. The van der Waals surface area contributed by atoms with E-state index < -0.39 is 0 Å². The van der Waals surface area contributed by atoms with Crippen LogP contribution in [0.1, 0.15) is 5.56 Å². The number of ether oxygens (including phenoxy) is 5. The lowest BCUT2D eigenvalue weighted by atomic mass is 10.2. The molecule has 0 N–H and O–H groups in total. The summed E-state index contributed by atoms with van der Waals surface area (Å²) in [6, 6.07) is 10.9. The fraction of sp³-hybridized carbons (Fsp3) is 0.400. The zero-order valence-corrected chi connectivity index (χ0v) is 16.8. The van der Waals surface area contributed by atoms with Gasteiger partial charge in [0.2, 0.25) is 0 Å². The molecule has 2 aromatic rings. The Morgan fingerprint density at radius 2 is 1.37 bits per heavy atom. The zero-order chi connectivity index (χ0) is 19.2. The van der Waals surface area contributed by atoms with Gasteiger partial charge in [0.15, 0.2) is 11.5 Å². The summed E-state index contributed by atoms with van der Waals surface area (Å²) in [5.41, 5.74) is 1.10. The molecule has 0 bridgehead atoms. The van der Waals surface area contributed by atoms with E-state index in [-0.39, 0.29) is 6.10 Å². The number of methoxy groups -OCH3 is 1. The summed E-state index contributed by atoms with van der Waals surface area (Å²) in [6.07, 6.45) is 0.525. The van der Waals surface area contributed by atoms with Crippen LogP contribution in [0, 0.1) is 6.92 Å². The normalized spacial score (nSPS) is 19.6. The smallest absolute Gasteiger partial charge is 0.162 e. The minimum Gasteiger partial charge on any atom is -0.493 e. The van der Waals surface area contributed by atoms with E-state index in [1.54, 1.807) is 25.3 Å². The molecule has 0 unspecified atom stereocenters. The molecule has 0 saturated carbocycles. The lowest BCUT2D eigenvalue weighted by Crippen LogP contribution is -2.05. The van der Waals surface area contributed by atoms with Crippen molar-refractivity contribution in [1.29, 1.82) is 0 Å². The Morgan fingerprint density at radius 1 is 0.852 bits per heavy atom. The maximum absolute atomic E-state index is 5.84. The minimum absolute atomic E-state index is 0.235. The average molecular weight is 413 g/mol. The molecular formula is C20H22Cl2O5. The quantitative estimate of drug-likeness (QED) is 0.624. The summed E-state index contributed by atoms with van der Waals surface area (Å²) in [4.78, 5) is 0. The predicted octanol–water partition coefficient (Wildman–Crippen LogP) is 4.55. The molecule has 2 aliphatic heterocycles. The van der Waals surface area contributed by atoms with Crippen LogP contribution in [0.3, 0.4) is 0 Å². The van der Waals surface area contributed by atoms with Crippen LogP contribution in [0.25, 0.3) is 0 Å². The summed E-state index contributed by atoms with van der Waals surface area (Å²) < 4.78 is 26.2. The van der Waals surface area contributed by atoms with Crippen molar-refractivity contribution < 1.29 is 23.7 Å². The van der Waals surface area contributed by atoms with Gasteiger partial charge in [-0.2, -0.15) is 0 Å². The van der Waals surface area contributed by atoms with Crippen molar-refractivity contribution in [2.45, 2.75) is 19.1 Å². The average Bonchev–Trinajstić information content (AvgIpc) is 3.56. The molecule has 146 valence electrons. The molecule has 0 amide bonds. The van der Waals surface area contributed by atoms with Gasteiger partial charge in [-0.25, -0.2) is 0 Å². The van der Waals surface area contributed by atoms with Gasteiger partial charge in [-0.3, -0.25) is 0 Å². The van der Waals surface area contributed by atoms with E-state index in [1.165, 1.54) is 0 Å². The van der Waals surface area contributed by atoms with Crippen molar-refractivity contribution in [2.75, 3.05) is 33.5 Å². The summed E-state index contributed by atoms with van der Waals surface area (Å²) >= 11 is 11.7. The van der Waals surface area contributed by atoms with E-state index in [4.69, 9.17) is 46.9 Å². The number of halogens is 2. The maximum Gasteiger partial charge on any atom is 0.162 e. The number of rotatable bonds is 7. The van der Waals surface area contributed by atoms with Crippen LogP contribution in [0.4, 0.5) is 0 Å². The Labute approximate surface area is 169 Å². The first-order valence-corrected chi connectivity index (χ1v) is 9.39. The summed E-state index contributed by atoms with van der Waals surface area (Å²) in [5, 5.41) is 1.34. The van der Waals surface area contributed by atoms with E-state index in [9.17, 15) is 0 Å². The van der Waals surface area contributed by atoms with E-state index in [0.29, 0.717) is 40.9 Å². The summed E-state index contributed by atoms with van der Waals surface area (Å²) in [7, 11) is 1.60. The second-order valence-corrected chi connectivity index (χ2v) is 7.11. The molecule has 0 aliphatic carbocycles. The van der Waals surface area contributed by atoms with Gasteiger partial charge in [0.05, 0.1) is 20.3 Å². The van der Waals surface area contributed by atoms with Crippen LogP contribution < -0.4 is 14.2 Å². The van der Waals surface area contributed by atoms with Crippen LogP contribution in [-0.4, -0.2) is 45.7 Å². The molecule has 2 aliphatic rings. The van der Waals surface area contributed by atoms with E-state index in [1.807, 2.05) is 25.1 Å². The van der Waals surface area contributed by atoms with E-state index in [0.717, 1.165) is 24.5 Å². The number of benzene rings is 2. The zero-order valence-electron chi connectivity index (χ0n) is 15.2. The SMILES string of the molecule is COc1ccc(Cl)cc1OC[C@H]1CO1.Cc1ccc(Cl)cc1OC[C@H]1CO1. The molecule has 7 heteroatoms. The second-order valence-electron chi connectivity index (χ2n) is 6.24. The predicted molar refractivity (Wildman–Crippen MR) is 105 cm³/mol. The Bertz CT molecular complexity index is 760. The minimum atomic E-state index is 0.235. The van der Waals surface area contributed by atoms with E-state index in [2.05, 4.69) is 0 Å². The van der Waals surface area contributed by atoms with Crippen molar-refractivity contribution >= 4 is 23.2 Å². The fourth-order valence-electron chi connectivity index (χ4n) is 2.19. The first-order chi connectivity index (χ1) is 13.0. The van der Waals surface area contributed by atoms with Crippen LogP contribution in [0.2, 0.25) is 10.0 Å².